The monoisotopic (exact) mass is 312 g/mol. The van der Waals surface area contributed by atoms with Crippen LogP contribution in [0.2, 0.25) is 0 Å². The maximum absolute atomic E-state index is 12.8. The Hall–Kier alpha value is -1.21. The lowest BCUT2D eigenvalue weighted by Gasteiger charge is -2.27. The molecule has 0 saturated carbocycles. The Morgan fingerprint density at radius 3 is 2.90 bits per heavy atom. The van der Waals surface area contributed by atoms with Gasteiger partial charge in [0.05, 0.1) is 18.0 Å². The molecule has 0 bridgehead atoms. The van der Waals surface area contributed by atoms with E-state index in [1.165, 1.54) is 0 Å². The van der Waals surface area contributed by atoms with Crippen LogP contribution in [0.3, 0.4) is 0 Å². The molecule has 1 aliphatic rings. The van der Waals surface area contributed by atoms with Crippen molar-refractivity contribution in [1.82, 2.24) is 15.1 Å². The first-order chi connectivity index (χ1) is 10.1. The lowest BCUT2D eigenvalue weighted by atomic mass is 10.1. The summed E-state index contributed by atoms with van der Waals surface area (Å²) < 4.78 is 5.13. The molecule has 3 N–H and O–H groups in total. The predicted octanol–water partition coefficient (Wildman–Crippen LogP) is 1.71. The summed E-state index contributed by atoms with van der Waals surface area (Å²) in [4.78, 5) is 14.7. The molecule has 118 valence electrons. The number of amides is 1. The number of hydrogen-bond donors (Lipinski definition) is 2. The number of ether oxygens (including phenoxy) is 1. The van der Waals surface area contributed by atoms with Gasteiger partial charge in [0.1, 0.15) is 0 Å². The van der Waals surface area contributed by atoms with E-state index < -0.39 is 0 Å². The van der Waals surface area contributed by atoms with Crippen molar-refractivity contribution < 1.29 is 9.53 Å². The highest BCUT2D eigenvalue weighted by atomic mass is 32.2. The minimum atomic E-state index is -0.0970. The van der Waals surface area contributed by atoms with Gasteiger partial charge in [-0.05, 0) is 18.1 Å². The topological polar surface area (TPSA) is 84.2 Å². The summed E-state index contributed by atoms with van der Waals surface area (Å²) in [5.74, 6) is 2.18. The maximum Gasteiger partial charge on any atom is 0.276 e. The molecule has 0 aliphatic carbocycles. The second-order valence-corrected chi connectivity index (χ2v) is 6.71. The van der Waals surface area contributed by atoms with Crippen molar-refractivity contribution in [3.05, 3.63) is 11.4 Å². The molecule has 1 atom stereocenters. The maximum atomic E-state index is 12.8. The smallest absolute Gasteiger partial charge is 0.276 e. The van der Waals surface area contributed by atoms with Gasteiger partial charge in [-0.3, -0.25) is 9.89 Å². The highest BCUT2D eigenvalue weighted by molar-refractivity contribution is 7.99. The molecule has 1 aromatic heterocycles. The molecule has 1 saturated heterocycles. The Balaban J connectivity index is 2.20. The van der Waals surface area contributed by atoms with Gasteiger partial charge in [-0.15, -0.1) is 0 Å². The van der Waals surface area contributed by atoms with Gasteiger partial charge in [0.25, 0.3) is 5.91 Å². The van der Waals surface area contributed by atoms with Crippen LogP contribution in [-0.4, -0.2) is 58.8 Å². The largest absolute Gasteiger partial charge is 0.395 e. The first kappa shape index (κ1) is 16.2. The van der Waals surface area contributed by atoms with E-state index in [0.717, 1.165) is 23.6 Å². The summed E-state index contributed by atoms with van der Waals surface area (Å²) in [6.45, 7) is 5.14. The van der Waals surface area contributed by atoms with Crippen LogP contribution in [0.25, 0.3) is 0 Å². The lowest BCUT2D eigenvalue weighted by molar-refractivity contribution is 0.0620. The number of H-pyrrole nitrogens is 1. The first-order valence-corrected chi connectivity index (χ1v) is 8.43. The summed E-state index contributed by atoms with van der Waals surface area (Å²) in [7, 11) is 1.64. The number of carbonyl (C=O) groups excluding carboxylic acids is 1. The number of aromatic nitrogens is 2. The number of nitrogens with one attached hydrogen (secondary N) is 1. The molecule has 0 aromatic carbocycles. The molecular weight excluding hydrogens is 288 g/mol. The molecule has 1 aliphatic heterocycles. The van der Waals surface area contributed by atoms with E-state index in [0.29, 0.717) is 24.5 Å². The highest BCUT2D eigenvalue weighted by Gasteiger charge is 2.30. The van der Waals surface area contributed by atoms with Crippen molar-refractivity contribution in [2.75, 3.05) is 37.5 Å². The molecular formula is C14H24N4O2S. The van der Waals surface area contributed by atoms with Crippen molar-refractivity contribution in [3.8, 4) is 0 Å². The second kappa shape index (κ2) is 7.17. The number of methoxy groups -OCH3 is 1. The number of nitrogens with two attached hydrogens (primary N) is 1. The number of nitrogen functional groups attached to an aromatic ring is 1. The van der Waals surface area contributed by atoms with Gasteiger partial charge >= 0.3 is 0 Å². The molecule has 0 spiro atoms. The summed E-state index contributed by atoms with van der Waals surface area (Å²) in [5, 5.41) is 7.05. The fourth-order valence-corrected chi connectivity index (χ4v) is 3.73. The summed E-state index contributed by atoms with van der Waals surface area (Å²) in [6.07, 6.45) is 1.02. The third kappa shape index (κ3) is 3.52. The molecule has 2 heterocycles. The van der Waals surface area contributed by atoms with Crippen molar-refractivity contribution >= 4 is 23.4 Å². The van der Waals surface area contributed by atoms with Crippen LogP contribution in [-0.2, 0) is 4.74 Å². The van der Waals surface area contributed by atoms with Crippen molar-refractivity contribution in [2.24, 2.45) is 0 Å². The van der Waals surface area contributed by atoms with Gasteiger partial charge in [0, 0.05) is 25.4 Å². The van der Waals surface area contributed by atoms with E-state index in [4.69, 9.17) is 10.5 Å². The van der Waals surface area contributed by atoms with Gasteiger partial charge in [-0.25, -0.2) is 0 Å². The summed E-state index contributed by atoms with van der Waals surface area (Å²) >= 11 is 1.88. The molecule has 2 rings (SSSR count). The van der Waals surface area contributed by atoms with Gasteiger partial charge in [0.15, 0.2) is 5.69 Å². The van der Waals surface area contributed by atoms with E-state index in [1.807, 2.05) is 30.5 Å². The van der Waals surface area contributed by atoms with Crippen molar-refractivity contribution in [1.29, 1.82) is 0 Å². The average molecular weight is 312 g/mol. The Morgan fingerprint density at radius 2 is 2.38 bits per heavy atom. The molecule has 6 nitrogen and oxygen atoms in total. The zero-order valence-electron chi connectivity index (χ0n) is 12.9. The molecule has 1 unspecified atom stereocenters. The quantitative estimate of drug-likeness (QED) is 0.835. The predicted molar refractivity (Wildman–Crippen MR) is 85.7 cm³/mol. The summed E-state index contributed by atoms with van der Waals surface area (Å²) in [5.41, 5.74) is 7.73. The molecule has 7 heteroatoms. The normalized spacial score (nSPS) is 18.4. The molecule has 21 heavy (non-hydrogen) atoms. The third-order valence-electron chi connectivity index (χ3n) is 3.76. The van der Waals surface area contributed by atoms with E-state index in [2.05, 4.69) is 10.2 Å². The SMILES string of the molecule is COCCN(C(=O)c1n[nH]c(C(C)C)c1N)C1CCSC1. The standard InChI is InChI=1S/C14H24N4O2S/c1-9(2)12-11(15)13(17-16-12)14(19)18(5-6-20-3)10-4-7-21-8-10/h9-10H,4-8,15H2,1-3H3,(H,16,17). The van der Waals surface area contributed by atoms with E-state index >= 15 is 0 Å². The Kier molecular flexibility index (Phi) is 5.52. The third-order valence-corrected chi connectivity index (χ3v) is 4.90. The molecule has 0 radical (unpaired) electrons. The number of aromatic amines is 1. The average Bonchev–Trinajstić information content (AvgIpc) is 3.08. The Morgan fingerprint density at radius 1 is 1.62 bits per heavy atom. The van der Waals surface area contributed by atoms with E-state index in [1.54, 1.807) is 7.11 Å². The minimum absolute atomic E-state index is 0.0970. The number of anilines is 1. The minimum Gasteiger partial charge on any atom is -0.395 e. The Labute approximate surface area is 129 Å². The Bertz CT molecular complexity index is 483. The number of rotatable bonds is 6. The van der Waals surface area contributed by atoms with Crippen LogP contribution in [0.4, 0.5) is 5.69 Å². The summed E-state index contributed by atoms with van der Waals surface area (Å²) in [6, 6.07) is 0.247. The van der Waals surface area contributed by atoms with Crippen LogP contribution in [0.5, 0.6) is 0 Å². The van der Waals surface area contributed by atoms with Crippen molar-refractivity contribution in [2.45, 2.75) is 32.2 Å². The fourth-order valence-electron chi connectivity index (χ4n) is 2.51. The van der Waals surface area contributed by atoms with E-state index in [-0.39, 0.29) is 17.9 Å². The zero-order chi connectivity index (χ0) is 15.4. The van der Waals surface area contributed by atoms with Gasteiger partial charge < -0.3 is 15.4 Å². The van der Waals surface area contributed by atoms with E-state index in [9.17, 15) is 4.79 Å². The van der Waals surface area contributed by atoms with Crippen LogP contribution in [0.1, 0.15) is 42.4 Å². The van der Waals surface area contributed by atoms with Crippen LogP contribution < -0.4 is 5.73 Å². The van der Waals surface area contributed by atoms with Crippen LogP contribution in [0, 0.1) is 0 Å². The molecule has 1 fully saturated rings. The van der Waals surface area contributed by atoms with Crippen LogP contribution >= 0.6 is 11.8 Å². The lowest BCUT2D eigenvalue weighted by Crippen LogP contribution is -2.42. The van der Waals surface area contributed by atoms with Crippen LogP contribution in [0.15, 0.2) is 0 Å². The first-order valence-electron chi connectivity index (χ1n) is 7.27. The highest BCUT2D eigenvalue weighted by Crippen LogP contribution is 2.27. The zero-order valence-corrected chi connectivity index (χ0v) is 13.7. The number of nitrogens with zero attached hydrogens (tertiary/aromatic N) is 2. The van der Waals surface area contributed by atoms with Gasteiger partial charge in [-0.1, -0.05) is 13.8 Å². The second-order valence-electron chi connectivity index (χ2n) is 5.56. The van der Waals surface area contributed by atoms with Crippen molar-refractivity contribution in [3.63, 3.8) is 0 Å². The fraction of sp³-hybridized carbons (Fsp3) is 0.714. The van der Waals surface area contributed by atoms with Gasteiger partial charge in [0.2, 0.25) is 0 Å². The number of carbonyl (C=O) groups is 1. The number of hydrogen-bond acceptors (Lipinski definition) is 5. The molecule has 1 aromatic rings. The number of thioether (sulfide) groups is 1. The van der Waals surface area contributed by atoms with Gasteiger partial charge in [-0.2, -0.15) is 16.9 Å². The molecule has 1 amide bonds.